The lowest BCUT2D eigenvalue weighted by molar-refractivity contribution is 0.0730. The Balaban J connectivity index is 1.80. The van der Waals surface area contributed by atoms with E-state index >= 15 is 0 Å². The molecule has 0 aliphatic heterocycles. The van der Waals surface area contributed by atoms with Crippen LogP contribution in [0.3, 0.4) is 0 Å². The fourth-order valence-corrected chi connectivity index (χ4v) is 4.28. The van der Waals surface area contributed by atoms with Gasteiger partial charge in [-0.15, -0.1) is 0 Å². The van der Waals surface area contributed by atoms with Crippen LogP contribution < -0.4 is 0 Å². The van der Waals surface area contributed by atoms with E-state index in [1.54, 1.807) is 19.2 Å². The number of carbonyl (C=O) groups excluding carboxylic acids is 1. The summed E-state index contributed by atoms with van der Waals surface area (Å²) in [7, 11) is -1.98. The summed E-state index contributed by atoms with van der Waals surface area (Å²) in [5.74, 6) is -0.0532. The molecule has 144 valence electrons. The van der Waals surface area contributed by atoms with Gasteiger partial charge in [-0.05, 0) is 56.5 Å². The highest BCUT2D eigenvalue weighted by Gasteiger charge is 2.33. The number of nitrogens with zero attached hydrogens (tertiary/aromatic N) is 2. The molecule has 0 N–H and O–H groups in total. The van der Waals surface area contributed by atoms with Crippen LogP contribution in [-0.4, -0.2) is 42.7 Å². The number of benzene rings is 2. The molecule has 2 aromatic carbocycles. The molecule has 0 heterocycles. The summed E-state index contributed by atoms with van der Waals surface area (Å²) in [5.41, 5.74) is 1.61. The summed E-state index contributed by atoms with van der Waals surface area (Å²) in [5, 5.41) is 0. The lowest BCUT2D eigenvalue weighted by atomic mass is 10.1. The number of rotatable bonds is 7. The second-order valence-electron chi connectivity index (χ2n) is 7.29. The minimum absolute atomic E-state index is 0.0532. The van der Waals surface area contributed by atoms with E-state index in [0.717, 1.165) is 18.4 Å². The van der Waals surface area contributed by atoms with E-state index in [-0.39, 0.29) is 22.9 Å². The summed E-state index contributed by atoms with van der Waals surface area (Å²) in [6.45, 7) is 4.22. The van der Waals surface area contributed by atoms with Gasteiger partial charge < -0.3 is 4.90 Å². The Morgan fingerprint density at radius 1 is 1.04 bits per heavy atom. The number of sulfonamides is 1. The second-order valence-corrected chi connectivity index (χ2v) is 9.29. The van der Waals surface area contributed by atoms with Crippen molar-refractivity contribution in [1.82, 2.24) is 9.21 Å². The highest BCUT2D eigenvalue weighted by Crippen LogP contribution is 2.30. The average Bonchev–Trinajstić information content (AvgIpc) is 3.51. The van der Waals surface area contributed by atoms with E-state index in [9.17, 15) is 13.2 Å². The van der Waals surface area contributed by atoms with E-state index < -0.39 is 10.0 Å². The molecular weight excluding hydrogens is 360 g/mol. The summed E-state index contributed by atoms with van der Waals surface area (Å²) < 4.78 is 26.5. The average molecular weight is 387 g/mol. The predicted octanol–water partition coefficient (Wildman–Crippen LogP) is 3.52. The SMILES string of the molecule is CC(C)N(C)S(=O)(=O)c1ccc(C(=O)N(Cc2ccccc2)C2CC2)cc1. The van der Waals surface area contributed by atoms with Crippen molar-refractivity contribution in [2.45, 2.75) is 50.2 Å². The molecule has 1 aliphatic rings. The third-order valence-electron chi connectivity index (χ3n) is 4.95. The quantitative estimate of drug-likeness (QED) is 0.732. The van der Waals surface area contributed by atoms with Gasteiger partial charge in [0.15, 0.2) is 0 Å². The number of carbonyl (C=O) groups is 1. The van der Waals surface area contributed by atoms with Crippen LogP contribution in [-0.2, 0) is 16.6 Å². The second kappa shape index (κ2) is 7.82. The van der Waals surface area contributed by atoms with Crippen molar-refractivity contribution in [3.05, 3.63) is 65.7 Å². The van der Waals surface area contributed by atoms with Crippen LogP contribution in [0.1, 0.15) is 42.6 Å². The van der Waals surface area contributed by atoms with Gasteiger partial charge in [-0.2, -0.15) is 4.31 Å². The maximum atomic E-state index is 13.0. The third kappa shape index (κ3) is 4.39. The first kappa shape index (κ1) is 19.6. The maximum absolute atomic E-state index is 13.0. The molecule has 0 unspecified atom stereocenters. The van der Waals surface area contributed by atoms with E-state index in [1.807, 2.05) is 49.1 Å². The van der Waals surface area contributed by atoms with Crippen LogP contribution in [0.15, 0.2) is 59.5 Å². The van der Waals surface area contributed by atoms with Crippen molar-refractivity contribution in [3.8, 4) is 0 Å². The van der Waals surface area contributed by atoms with Crippen LogP contribution in [0.2, 0.25) is 0 Å². The van der Waals surface area contributed by atoms with Crippen molar-refractivity contribution in [1.29, 1.82) is 0 Å². The number of hydrogen-bond acceptors (Lipinski definition) is 3. The van der Waals surface area contributed by atoms with Gasteiger partial charge in [-0.25, -0.2) is 8.42 Å². The molecule has 0 saturated heterocycles. The first-order chi connectivity index (χ1) is 12.8. The van der Waals surface area contributed by atoms with E-state index in [0.29, 0.717) is 12.1 Å². The molecule has 0 bridgehead atoms. The van der Waals surface area contributed by atoms with Gasteiger partial charge in [-0.1, -0.05) is 30.3 Å². The smallest absolute Gasteiger partial charge is 0.254 e. The molecule has 6 heteroatoms. The lowest BCUT2D eigenvalue weighted by Crippen LogP contribution is -2.33. The van der Waals surface area contributed by atoms with Crippen molar-refractivity contribution in [2.24, 2.45) is 0 Å². The first-order valence-electron chi connectivity index (χ1n) is 9.23. The molecule has 0 radical (unpaired) electrons. The van der Waals surface area contributed by atoms with Crippen LogP contribution >= 0.6 is 0 Å². The molecule has 2 aromatic rings. The van der Waals surface area contributed by atoms with Gasteiger partial charge in [0.1, 0.15) is 0 Å². The first-order valence-corrected chi connectivity index (χ1v) is 10.7. The van der Waals surface area contributed by atoms with Gasteiger partial charge in [0.05, 0.1) is 4.90 Å². The normalized spacial score (nSPS) is 14.6. The highest BCUT2D eigenvalue weighted by molar-refractivity contribution is 7.89. The third-order valence-corrected chi connectivity index (χ3v) is 7.00. The van der Waals surface area contributed by atoms with E-state index in [1.165, 1.54) is 16.4 Å². The minimum Gasteiger partial charge on any atom is -0.331 e. The Morgan fingerprint density at radius 2 is 1.63 bits per heavy atom. The van der Waals surface area contributed by atoms with Gasteiger partial charge in [-0.3, -0.25) is 4.79 Å². The zero-order valence-electron chi connectivity index (χ0n) is 16.0. The molecule has 27 heavy (non-hydrogen) atoms. The van der Waals surface area contributed by atoms with Gasteiger partial charge >= 0.3 is 0 Å². The predicted molar refractivity (Wildman–Crippen MR) is 106 cm³/mol. The summed E-state index contributed by atoms with van der Waals surface area (Å²) in [6, 6.07) is 16.3. The molecule has 0 aromatic heterocycles. The van der Waals surface area contributed by atoms with E-state index in [2.05, 4.69) is 0 Å². The molecule has 3 rings (SSSR count). The monoisotopic (exact) mass is 386 g/mol. The molecule has 1 aliphatic carbocycles. The molecule has 1 fully saturated rings. The largest absolute Gasteiger partial charge is 0.331 e. The zero-order chi connectivity index (χ0) is 19.6. The molecule has 5 nitrogen and oxygen atoms in total. The Hall–Kier alpha value is -2.18. The lowest BCUT2D eigenvalue weighted by Gasteiger charge is -2.23. The minimum atomic E-state index is -3.55. The fraction of sp³-hybridized carbons (Fsp3) is 0.381. The summed E-state index contributed by atoms with van der Waals surface area (Å²) >= 11 is 0. The molecule has 1 saturated carbocycles. The van der Waals surface area contributed by atoms with Crippen LogP contribution in [0.4, 0.5) is 0 Å². The van der Waals surface area contributed by atoms with Crippen LogP contribution in [0.25, 0.3) is 0 Å². The Morgan fingerprint density at radius 3 is 2.15 bits per heavy atom. The summed E-state index contributed by atoms with van der Waals surface area (Å²) in [4.78, 5) is 15.1. The van der Waals surface area contributed by atoms with Crippen molar-refractivity contribution >= 4 is 15.9 Å². The topological polar surface area (TPSA) is 57.7 Å². The molecule has 0 atom stereocenters. The van der Waals surface area contributed by atoms with Crippen molar-refractivity contribution in [2.75, 3.05) is 7.05 Å². The number of hydrogen-bond donors (Lipinski definition) is 0. The van der Waals surface area contributed by atoms with Crippen LogP contribution in [0, 0.1) is 0 Å². The maximum Gasteiger partial charge on any atom is 0.254 e. The van der Waals surface area contributed by atoms with Crippen LogP contribution in [0.5, 0.6) is 0 Å². The van der Waals surface area contributed by atoms with Gasteiger partial charge in [0.25, 0.3) is 5.91 Å². The molecule has 0 spiro atoms. The van der Waals surface area contributed by atoms with Crippen molar-refractivity contribution in [3.63, 3.8) is 0 Å². The fourth-order valence-electron chi connectivity index (χ4n) is 2.91. The van der Waals surface area contributed by atoms with Crippen molar-refractivity contribution < 1.29 is 13.2 Å². The van der Waals surface area contributed by atoms with Gasteiger partial charge in [0, 0.05) is 31.2 Å². The Labute approximate surface area is 161 Å². The molecule has 1 amide bonds. The highest BCUT2D eigenvalue weighted by atomic mass is 32.2. The Bertz CT molecular complexity index is 889. The summed E-state index contributed by atoms with van der Waals surface area (Å²) in [6.07, 6.45) is 2.04. The number of amides is 1. The van der Waals surface area contributed by atoms with E-state index in [4.69, 9.17) is 0 Å². The van der Waals surface area contributed by atoms with Gasteiger partial charge in [0.2, 0.25) is 10.0 Å². The standard InChI is InChI=1S/C21H26N2O3S/c1-16(2)22(3)27(25,26)20-13-9-18(10-14-20)21(24)23(19-11-12-19)15-17-7-5-4-6-8-17/h4-10,13-14,16,19H,11-12,15H2,1-3H3. The molecular formula is C21H26N2O3S. The zero-order valence-corrected chi connectivity index (χ0v) is 16.8. The Kier molecular flexibility index (Phi) is 5.67.